The van der Waals surface area contributed by atoms with Crippen LogP contribution in [0.3, 0.4) is 0 Å². The van der Waals surface area contributed by atoms with Gasteiger partial charge in [-0.05, 0) is 11.6 Å². The minimum atomic E-state index is -0.240. The Morgan fingerprint density at radius 1 is 1.04 bits per heavy atom. The average Bonchev–Trinajstić information content (AvgIpc) is 3.41. The topological polar surface area (TPSA) is 73.0 Å². The first-order valence-corrected chi connectivity index (χ1v) is 8.64. The number of rotatable bonds is 6. The fourth-order valence-corrected chi connectivity index (χ4v) is 2.95. The quantitative estimate of drug-likeness (QED) is 0.570. The van der Waals surface area contributed by atoms with Gasteiger partial charge in [0.05, 0.1) is 18.8 Å². The van der Waals surface area contributed by atoms with Crippen molar-refractivity contribution in [3.63, 3.8) is 0 Å². The van der Waals surface area contributed by atoms with Gasteiger partial charge in [0.2, 0.25) is 0 Å². The third-order valence-electron chi connectivity index (χ3n) is 4.29. The molecule has 0 aliphatic heterocycles. The summed E-state index contributed by atoms with van der Waals surface area (Å²) in [6.07, 6.45) is 5.04. The molecule has 0 spiro atoms. The van der Waals surface area contributed by atoms with E-state index in [1.54, 1.807) is 10.9 Å². The Morgan fingerprint density at radius 2 is 1.78 bits per heavy atom. The van der Waals surface area contributed by atoms with Crippen molar-refractivity contribution >= 4 is 5.91 Å². The number of nitrogens with zero attached hydrogens (tertiary/aromatic N) is 3. The Balaban J connectivity index is 1.60. The van der Waals surface area contributed by atoms with Crippen molar-refractivity contribution in [3.8, 4) is 11.3 Å². The molecule has 0 saturated carbocycles. The summed E-state index contributed by atoms with van der Waals surface area (Å²) in [4.78, 5) is 13.0. The zero-order valence-corrected chi connectivity index (χ0v) is 14.5. The molecule has 0 bridgehead atoms. The third-order valence-corrected chi connectivity index (χ3v) is 4.29. The maximum absolute atomic E-state index is 13.0. The first-order chi connectivity index (χ1) is 13.3. The molecule has 1 amide bonds. The highest BCUT2D eigenvalue weighted by atomic mass is 16.5. The monoisotopic (exact) mass is 358 g/mol. The van der Waals surface area contributed by atoms with Gasteiger partial charge in [0, 0.05) is 18.0 Å². The van der Waals surface area contributed by atoms with Crippen LogP contribution in [0.4, 0.5) is 0 Å². The van der Waals surface area contributed by atoms with E-state index in [1.165, 1.54) is 6.20 Å². The zero-order valence-electron chi connectivity index (χ0n) is 14.5. The second kappa shape index (κ2) is 7.70. The van der Waals surface area contributed by atoms with E-state index in [0.29, 0.717) is 17.9 Å². The summed E-state index contributed by atoms with van der Waals surface area (Å²) in [5.41, 5.74) is 2.21. The molecule has 6 nitrogen and oxygen atoms in total. The summed E-state index contributed by atoms with van der Waals surface area (Å²) in [6.45, 7) is 0.523. The lowest BCUT2D eigenvalue weighted by Gasteiger charge is -2.19. The van der Waals surface area contributed by atoms with Crippen LogP contribution in [-0.4, -0.2) is 20.8 Å². The standard InChI is InChI=1S/C21H18N4O2/c26-21(18-14-23-27-20(18)17-10-5-2-6-11-17)24-19(15-25-13-7-12-22-25)16-8-3-1-4-9-16/h1-14,19H,15H2,(H,24,26)/t19-/m0/s1. The number of carbonyl (C=O) groups is 1. The molecule has 0 radical (unpaired) electrons. The number of hydrogen-bond donors (Lipinski definition) is 1. The lowest BCUT2D eigenvalue weighted by Crippen LogP contribution is -2.31. The molecule has 2 aromatic heterocycles. The number of benzene rings is 2. The lowest BCUT2D eigenvalue weighted by molar-refractivity contribution is 0.0932. The Hall–Kier alpha value is -3.67. The van der Waals surface area contributed by atoms with Gasteiger partial charge < -0.3 is 9.84 Å². The summed E-state index contributed by atoms with van der Waals surface area (Å²) >= 11 is 0. The number of aromatic nitrogens is 3. The first kappa shape index (κ1) is 16.8. The van der Waals surface area contributed by atoms with Crippen molar-refractivity contribution in [2.45, 2.75) is 12.6 Å². The van der Waals surface area contributed by atoms with Crippen LogP contribution in [0.15, 0.2) is 89.8 Å². The van der Waals surface area contributed by atoms with Crippen molar-refractivity contribution < 1.29 is 9.32 Å². The van der Waals surface area contributed by atoms with Gasteiger partial charge in [0.1, 0.15) is 5.56 Å². The minimum absolute atomic E-state index is 0.239. The van der Waals surface area contributed by atoms with E-state index < -0.39 is 0 Å². The molecule has 2 aromatic carbocycles. The highest BCUT2D eigenvalue weighted by Gasteiger charge is 2.22. The number of nitrogens with one attached hydrogen (secondary N) is 1. The maximum Gasteiger partial charge on any atom is 0.257 e. The normalized spacial score (nSPS) is 11.9. The van der Waals surface area contributed by atoms with Crippen LogP contribution < -0.4 is 5.32 Å². The highest BCUT2D eigenvalue weighted by molar-refractivity contribution is 5.99. The van der Waals surface area contributed by atoms with Crippen LogP contribution in [0.2, 0.25) is 0 Å². The van der Waals surface area contributed by atoms with Gasteiger partial charge in [-0.25, -0.2) is 0 Å². The number of carbonyl (C=O) groups excluding carboxylic acids is 1. The van der Waals surface area contributed by atoms with Gasteiger partial charge >= 0.3 is 0 Å². The Kier molecular flexibility index (Phi) is 4.78. The van der Waals surface area contributed by atoms with Crippen LogP contribution in [0.25, 0.3) is 11.3 Å². The van der Waals surface area contributed by atoms with E-state index >= 15 is 0 Å². The van der Waals surface area contributed by atoms with E-state index in [1.807, 2.05) is 72.9 Å². The van der Waals surface area contributed by atoms with Crippen molar-refractivity contribution in [2.75, 3.05) is 0 Å². The Morgan fingerprint density at radius 3 is 2.48 bits per heavy atom. The summed E-state index contributed by atoms with van der Waals surface area (Å²) in [5.74, 6) is 0.218. The van der Waals surface area contributed by atoms with Crippen molar-refractivity contribution in [1.82, 2.24) is 20.3 Å². The van der Waals surface area contributed by atoms with E-state index in [9.17, 15) is 4.79 Å². The number of hydrogen-bond acceptors (Lipinski definition) is 4. The van der Waals surface area contributed by atoms with Gasteiger partial charge in [-0.1, -0.05) is 65.8 Å². The van der Waals surface area contributed by atoms with Crippen LogP contribution in [-0.2, 0) is 6.54 Å². The smallest absolute Gasteiger partial charge is 0.257 e. The van der Waals surface area contributed by atoms with E-state index in [-0.39, 0.29) is 11.9 Å². The van der Waals surface area contributed by atoms with Crippen molar-refractivity contribution in [3.05, 3.63) is 96.4 Å². The lowest BCUT2D eigenvalue weighted by atomic mass is 10.1. The molecule has 2 heterocycles. The predicted octanol–water partition coefficient (Wildman–Crippen LogP) is 3.71. The average molecular weight is 358 g/mol. The number of amides is 1. The van der Waals surface area contributed by atoms with Crippen LogP contribution >= 0.6 is 0 Å². The molecule has 4 aromatic rings. The minimum Gasteiger partial charge on any atom is -0.355 e. The molecular formula is C21H18N4O2. The second-order valence-electron chi connectivity index (χ2n) is 6.10. The van der Waals surface area contributed by atoms with Gasteiger partial charge in [-0.2, -0.15) is 5.10 Å². The van der Waals surface area contributed by atoms with Crippen LogP contribution in [0.1, 0.15) is 22.0 Å². The van der Waals surface area contributed by atoms with Crippen LogP contribution in [0.5, 0.6) is 0 Å². The Bertz CT molecular complexity index is 995. The molecule has 0 aliphatic rings. The predicted molar refractivity (Wildman–Crippen MR) is 101 cm³/mol. The highest BCUT2D eigenvalue weighted by Crippen LogP contribution is 2.24. The maximum atomic E-state index is 13.0. The van der Waals surface area contributed by atoms with Gasteiger partial charge in [0.15, 0.2) is 5.76 Å². The van der Waals surface area contributed by atoms with Crippen molar-refractivity contribution in [2.24, 2.45) is 0 Å². The zero-order chi connectivity index (χ0) is 18.5. The molecule has 0 fully saturated rings. The fourth-order valence-electron chi connectivity index (χ4n) is 2.95. The van der Waals surface area contributed by atoms with Crippen LogP contribution in [0, 0.1) is 0 Å². The summed E-state index contributed by atoms with van der Waals surface area (Å²) in [7, 11) is 0. The first-order valence-electron chi connectivity index (χ1n) is 8.64. The molecule has 1 atom stereocenters. The van der Waals surface area contributed by atoms with Gasteiger partial charge in [-0.15, -0.1) is 0 Å². The SMILES string of the molecule is O=C(N[C@@H](Cn1cccn1)c1ccccc1)c1cnoc1-c1ccccc1. The molecular weight excluding hydrogens is 340 g/mol. The van der Waals surface area contributed by atoms with Crippen molar-refractivity contribution in [1.29, 1.82) is 0 Å². The third kappa shape index (κ3) is 3.79. The molecule has 0 unspecified atom stereocenters. The molecule has 134 valence electrons. The Labute approximate surface area is 156 Å². The summed E-state index contributed by atoms with van der Waals surface area (Å²) < 4.78 is 7.13. The second-order valence-corrected chi connectivity index (χ2v) is 6.10. The summed E-state index contributed by atoms with van der Waals surface area (Å²) in [5, 5.41) is 11.2. The van der Waals surface area contributed by atoms with Gasteiger partial charge in [-0.3, -0.25) is 9.48 Å². The molecule has 1 N–H and O–H groups in total. The van der Waals surface area contributed by atoms with Gasteiger partial charge in [0.25, 0.3) is 5.91 Å². The fraction of sp³-hybridized carbons (Fsp3) is 0.0952. The van der Waals surface area contributed by atoms with E-state index in [0.717, 1.165) is 11.1 Å². The van der Waals surface area contributed by atoms with E-state index in [4.69, 9.17) is 4.52 Å². The summed E-state index contributed by atoms with van der Waals surface area (Å²) in [6, 6.07) is 20.9. The molecule has 4 rings (SSSR count). The molecule has 0 saturated heterocycles. The molecule has 27 heavy (non-hydrogen) atoms. The van der Waals surface area contributed by atoms with E-state index in [2.05, 4.69) is 15.6 Å². The molecule has 6 heteroatoms. The molecule has 0 aliphatic carbocycles. The largest absolute Gasteiger partial charge is 0.355 e.